The number of hydrogen-bond donors (Lipinski definition) is 1. The first kappa shape index (κ1) is 18.6. The molecule has 0 bridgehead atoms. The van der Waals surface area contributed by atoms with Crippen LogP contribution in [0.15, 0.2) is 23.4 Å². The maximum atomic E-state index is 13.1. The molecule has 0 aliphatic heterocycles. The number of alkyl halides is 3. The van der Waals surface area contributed by atoms with E-state index in [9.17, 15) is 18.0 Å². The van der Waals surface area contributed by atoms with E-state index in [2.05, 4.69) is 20.1 Å². The predicted molar refractivity (Wildman–Crippen MR) is 96.1 cm³/mol. The van der Waals surface area contributed by atoms with Crippen LogP contribution in [0.5, 0.6) is 0 Å². The van der Waals surface area contributed by atoms with Crippen molar-refractivity contribution in [2.75, 3.05) is 11.1 Å². The van der Waals surface area contributed by atoms with Crippen LogP contribution in [0.25, 0.3) is 0 Å². The van der Waals surface area contributed by atoms with Gasteiger partial charge in [-0.3, -0.25) is 4.79 Å². The first-order chi connectivity index (χ1) is 12.8. The maximum Gasteiger partial charge on any atom is 0.418 e. The first-order valence-corrected chi connectivity index (χ1v) is 9.93. The molecule has 27 heavy (non-hydrogen) atoms. The monoisotopic (exact) mass is 416 g/mol. The second-order valence-corrected chi connectivity index (χ2v) is 8.12. The molecule has 144 valence electrons. The largest absolute Gasteiger partial charge is 0.418 e. The summed E-state index contributed by atoms with van der Waals surface area (Å²) in [5.74, 6) is 0.836. The van der Waals surface area contributed by atoms with E-state index in [-0.39, 0.29) is 16.5 Å². The Morgan fingerprint density at radius 1 is 1.26 bits per heavy atom. The van der Waals surface area contributed by atoms with Crippen LogP contribution in [0.1, 0.15) is 49.0 Å². The number of amides is 1. The zero-order valence-corrected chi connectivity index (χ0v) is 15.7. The summed E-state index contributed by atoms with van der Waals surface area (Å²) in [5, 5.41) is 11.4. The van der Waals surface area contributed by atoms with E-state index in [1.165, 1.54) is 17.8 Å². The molecule has 1 aromatic carbocycles. The summed E-state index contributed by atoms with van der Waals surface area (Å²) in [6.07, 6.45) is -0.264. The van der Waals surface area contributed by atoms with Gasteiger partial charge in [-0.1, -0.05) is 23.4 Å². The highest BCUT2D eigenvalue weighted by Gasteiger charge is 2.37. The van der Waals surface area contributed by atoms with Crippen LogP contribution in [0.4, 0.5) is 18.9 Å². The minimum Gasteiger partial charge on any atom is -0.325 e. The summed E-state index contributed by atoms with van der Waals surface area (Å²) < 4.78 is 41.5. The molecular weight excluding hydrogens is 401 g/mol. The van der Waals surface area contributed by atoms with E-state index in [4.69, 9.17) is 11.6 Å². The number of carbonyl (C=O) groups excluding carboxylic acids is 1. The fraction of sp³-hybridized carbons (Fsp3) is 0.471. The van der Waals surface area contributed by atoms with Crippen molar-refractivity contribution >= 4 is 35.0 Å². The van der Waals surface area contributed by atoms with Gasteiger partial charge in [0.05, 0.1) is 17.0 Å². The number of benzene rings is 1. The third-order valence-electron chi connectivity index (χ3n) is 4.44. The zero-order valence-electron chi connectivity index (χ0n) is 14.1. The van der Waals surface area contributed by atoms with E-state index < -0.39 is 17.6 Å². The fourth-order valence-corrected chi connectivity index (χ4v) is 3.84. The Labute approximate surface area is 162 Å². The van der Waals surface area contributed by atoms with Crippen LogP contribution >= 0.6 is 23.4 Å². The number of rotatable bonds is 6. The molecule has 0 atom stereocenters. The Morgan fingerprint density at radius 2 is 2.00 bits per heavy atom. The van der Waals surface area contributed by atoms with Crippen LogP contribution in [-0.4, -0.2) is 26.4 Å². The van der Waals surface area contributed by atoms with Gasteiger partial charge in [-0.2, -0.15) is 13.2 Å². The minimum absolute atomic E-state index is 0.0418. The van der Waals surface area contributed by atoms with Crippen molar-refractivity contribution in [2.24, 2.45) is 0 Å². The number of carbonyl (C=O) groups is 1. The van der Waals surface area contributed by atoms with Crippen molar-refractivity contribution in [2.45, 2.75) is 49.0 Å². The summed E-state index contributed by atoms with van der Waals surface area (Å²) in [5.41, 5.74) is -1.27. The molecule has 1 amide bonds. The lowest BCUT2D eigenvalue weighted by Crippen LogP contribution is -2.18. The van der Waals surface area contributed by atoms with Gasteiger partial charge in [-0.15, -0.1) is 10.2 Å². The molecule has 2 aliphatic carbocycles. The third kappa shape index (κ3) is 4.24. The highest BCUT2D eigenvalue weighted by molar-refractivity contribution is 7.99. The molecule has 0 radical (unpaired) electrons. The van der Waals surface area contributed by atoms with Gasteiger partial charge in [-0.25, -0.2) is 0 Å². The zero-order chi connectivity index (χ0) is 19.2. The number of hydrogen-bond acceptors (Lipinski definition) is 4. The molecule has 5 nitrogen and oxygen atoms in total. The normalized spacial score (nSPS) is 17.2. The molecule has 1 heterocycles. The molecule has 2 aromatic rings. The molecule has 0 unspecified atom stereocenters. The van der Waals surface area contributed by atoms with E-state index in [0.29, 0.717) is 17.1 Å². The summed E-state index contributed by atoms with van der Waals surface area (Å²) in [6, 6.07) is 3.65. The Balaban J connectivity index is 1.44. The Hall–Kier alpha value is -1.74. The molecule has 0 spiro atoms. The number of halogens is 4. The van der Waals surface area contributed by atoms with Crippen molar-refractivity contribution < 1.29 is 18.0 Å². The molecule has 2 aliphatic rings. The molecule has 1 aromatic heterocycles. The van der Waals surface area contributed by atoms with E-state index in [1.54, 1.807) is 0 Å². The van der Waals surface area contributed by atoms with Crippen molar-refractivity contribution in [3.8, 4) is 0 Å². The highest BCUT2D eigenvalue weighted by atomic mass is 35.5. The van der Waals surface area contributed by atoms with Gasteiger partial charge in [0, 0.05) is 17.0 Å². The van der Waals surface area contributed by atoms with Gasteiger partial charge in [0.25, 0.3) is 0 Å². The van der Waals surface area contributed by atoms with Crippen molar-refractivity contribution in [1.29, 1.82) is 0 Å². The number of anilines is 1. The fourth-order valence-electron chi connectivity index (χ4n) is 2.86. The van der Waals surface area contributed by atoms with Gasteiger partial charge in [0.1, 0.15) is 5.82 Å². The van der Waals surface area contributed by atoms with Crippen LogP contribution in [0, 0.1) is 0 Å². The smallest absolute Gasteiger partial charge is 0.325 e. The van der Waals surface area contributed by atoms with Gasteiger partial charge in [-0.05, 0) is 43.9 Å². The minimum atomic E-state index is -4.61. The summed E-state index contributed by atoms with van der Waals surface area (Å²) >= 11 is 6.85. The van der Waals surface area contributed by atoms with E-state index >= 15 is 0 Å². The van der Waals surface area contributed by atoms with Crippen LogP contribution in [0.2, 0.25) is 5.02 Å². The van der Waals surface area contributed by atoms with E-state index in [1.807, 2.05) is 0 Å². The van der Waals surface area contributed by atoms with Gasteiger partial charge in [0.15, 0.2) is 5.16 Å². The quantitative estimate of drug-likeness (QED) is 0.681. The molecule has 1 N–H and O–H groups in total. The average molecular weight is 417 g/mol. The van der Waals surface area contributed by atoms with Crippen LogP contribution in [0.3, 0.4) is 0 Å². The van der Waals surface area contributed by atoms with Crippen molar-refractivity contribution in [1.82, 2.24) is 14.8 Å². The average Bonchev–Trinajstić information content (AvgIpc) is 3.52. The van der Waals surface area contributed by atoms with E-state index in [0.717, 1.165) is 43.6 Å². The van der Waals surface area contributed by atoms with Crippen LogP contribution in [-0.2, 0) is 11.0 Å². The second-order valence-electron chi connectivity index (χ2n) is 6.74. The summed E-state index contributed by atoms with van der Waals surface area (Å²) in [4.78, 5) is 12.2. The molecule has 2 saturated carbocycles. The standard InChI is InChI=1S/C17H16ClF3N4OS/c18-10-3-6-13(12(7-10)17(19,20)21)22-14(26)8-27-16-24-23-15(9-1-2-9)25(16)11-4-5-11/h3,6-7,9,11H,1-2,4-5,8H2,(H,22,26). The summed E-state index contributed by atoms with van der Waals surface area (Å²) in [7, 11) is 0. The van der Waals surface area contributed by atoms with Crippen molar-refractivity contribution in [3.63, 3.8) is 0 Å². The lowest BCUT2D eigenvalue weighted by atomic mass is 10.1. The van der Waals surface area contributed by atoms with Crippen molar-refractivity contribution in [3.05, 3.63) is 34.6 Å². The van der Waals surface area contributed by atoms with Crippen LogP contribution < -0.4 is 5.32 Å². The SMILES string of the molecule is O=C(CSc1nnc(C2CC2)n1C1CC1)Nc1ccc(Cl)cc1C(F)(F)F. The topological polar surface area (TPSA) is 59.8 Å². The number of nitrogens with zero attached hydrogens (tertiary/aromatic N) is 3. The molecule has 4 rings (SSSR count). The highest BCUT2D eigenvalue weighted by Crippen LogP contribution is 2.46. The second kappa shape index (κ2) is 7.01. The predicted octanol–water partition coefficient (Wildman–Crippen LogP) is 4.89. The molecule has 0 saturated heterocycles. The lowest BCUT2D eigenvalue weighted by Gasteiger charge is -2.14. The number of aromatic nitrogens is 3. The Kier molecular flexibility index (Phi) is 4.84. The number of thioether (sulfide) groups is 1. The lowest BCUT2D eigenvalue weighted by molar-refractivity contribution is -0.137. The van der Waals surface area contributed by atoms with Gasteiger partial charge in [0.2, 0.25) is 5.91 Å². The summed E-state index contributed by atoms with van der Waals surface area (Å²) in [6.45, 7) is 0. The first-order valence-electron chi connectivity index (χ1n) is 8.57. The van der Waals surface area contributed by atoms with Gasteiger partial charge < -0.3 is 9.88 Å². The van der Waals surface area contributed by atoms with Gasteiger partial charge >= 0.3 is 6.18 Å². The molecular formula is C17H16ClF3N4OS. The maximum absolute atomic E-state index is 13.1. The number of nitrogens with one attached hydrogen (secondary N) is 1. The third-order valence-corrected chi connectivity index (χ3v) is 5.62. The molecule has 2 fully saturated rings. The molecule has 10 heteroatoms. The Bertz CT molecular complexity index is 878. The Morgan fingerprint density at radius 3 is 2.63 bits per heavy atom.